The van der Waals surface area contributed by atoms with Crippen molar-refractivity contribution in [3.05, 3.63) is 23.3 Å². The maximum absolute atomic E-state index is 5.45. The van der Waals surface area contributed by atoms with Crippen LogP contribution in [-0.2, 0) is 24.1 Å². The molecular weight excluding hydrogens is 214 g/mol. The maximum atomic E-state index is 5.45. The van der Waals surface area contributed by atoms with E-state index in [0.29, 0.717) is 6.73 Å². The Bertz CT molecular complexity index is 368. The number of ether oxygens (including phenoxy) is 1. The first-order valence-electron chi connectivity index (χ1n) is 6.47. The van der Waals surface area contributed by atoms with Crippen LogP contribution in [-0.4, -0.2) is 34.8 Å². The lowest BCUT2D eigenvalue weighted by Gasteiger charge is -2.27. The zero-order valence-corrected chi connectivity index (χ0v) is 10.8. The molecule has 0 bridgehead atoms. The molecule has 4 nitrogen and oxygen atoms in total. The fraction of sp³-hybridized carbons (Fsp3) is 0.692. The molecule has 2 heterocycles. The lowest BCUT2D eigenvalue weighted by atomic mass is 10.1. The Balaban J connectivity index is 2.04. The summed E-state index contributed by atoms with van der Waals surface area (Å²) < 4.78 is 5.45. The zero-order valence-electron chi connectivity index (χ0n) is 10.8. The second-order valence-electron chi connectivity index (χ2n) is 4.43. The Morgan fingerprint density at radius 1 is 1.41 bits per heavy atom. The van der Waals surface area contributed by atoms with E-state index in [1.165, 1.54) is 11.3 Å². The lowest BCUT2D eigenvalue weighted by molar-refractivity contribution is 0.0269. The van der Waals surface area contributed by atoms with Gasteiger partial charge in [-0.2, -0.15) is 0 Å². The van der Waals surface area contributed by atoms with Crippen molar-refractivity contribution in [1.82, 2.24) is 14.9 Å². The average Bonchev–Trinajstić information content (AvgIpc) is 2.36. The van der Waals surface area contributed by atoms with E-state index in [-0.39, 0.29) is 0 Å². The summed E-state index contributed by atoms with van der Waals surface area (Å²) in [6.45, 7) is 7.61. The van der Waals surface area contributed by atoms with E-state index in [9.17, 15) is 0 Å². The van der Waals surface area contributed by atoms with Gasteiger partial charge in [0.15, 0.2) is 0 Å². The van der Waals surface area contributed by atoms with E-state index in [0.717, 1.165) is 44.8 Å². The smallest absolute Gasteiger partial charge is 0.128 e. The van der Waals surface area contributed by atoms with Crippen molar-refractivity contribution in [3.63, 3.8) is 0 Å². The van der Waals surface area contributed by atoms with Crippen molar-refractivity contribution in [1.29, 1.82) is 0 Å². The first-order valence-corrected chi connectivity index (χ1v) is 6.47. The fourth-order valence-corrected chi connectivity index (χ4v) is 2.07. The van der Waals surface area contributed by atoms with Crippen LogP contribution in [0.5, 0.6) is 0 Å². The minimum Gasteiger partial charge on any atom is -0.366 e. The summed E-state index contributed by atoms with van der Waals surface area (Å²) in [5.41, 5.74) is 2.49. The molecule has 1 aliphatic heterocycles. The van der Waals surface area contributed by atoms with Crippen LogP contribution in [0.25, 0.3) is 0 Å². The molecule has 0 saturated heterocycles. The van der Waals surface area contributed by atoms with Crippen molar-refractivity contribution in [2.24, 2.45) is 0 Å². The SMILES string of the molecule is CCCc1ncc2c(n1)CN(COCC)CC2. The Morgan fingerprint density at radius 2 is 2.29 bits per heavy atom. The second kappa shape index (κ2) is 6.07. The van der Waals surface area contributed by atoms with E-state index in [1.54, 1.807) is 0 Å². The Labute approximate surface area is 103 Å². The summed E-state index contributed by atoms with van der Waals surface area (Å²) in [6.07, 6.45) is 5.11. The van der Waals surface area contributed by atoms with Crippen LogP contribution in [0.1, 0.15) is 37.4 Å². The molecule has 0 N–H and O–H groups in total. The predicted octanol–water partition coefficient (Wildman–Crippen LogP) is 1.78. The molecular formula is C13H21N3O. The van der Waals surface area contributed by atoms with E-state index in [4.69, 9.17) is 4.74 Å². The lowest BCUT2D eigenvalue weighted by Crippen LogP contribution is -2.33. The number of nitrogens with zero attached hydrogens (tertiary/aromatic N) is 3. The van der Waals surface area contributed by atoms with E-state index < -0.39 is 0 Å². The highest BCUT2D eigenvalue weighted by molar-refractivity contribution is 5.20. The summed E-state index contributed by atoms with van der Waals surface area (Å²) in [5, 5.41) is 0. The van der Waals surface area contributed by atoms with E-state index >= 15 is 0 Å². The molecule has 0 aromatic carbocycles. The molecule has 1 aromatic heterocycles. The number of aryl methyl sites for hydroxylation is 1. The standard InChI is InChI=1S/C13H21N3O/c1-3-5-13-14-8-11-6-7-16(10-17-4-2)9-12(11)15-13/h8H,3-7,9-10H2,1-2H3. The molecule has 1 aliphatic rings. The summed E-state index contributed by atoms with van der Waals surface area (Å²) >= 11 is 0. The molecule has 0 saturated carbocycles. The molecule has 0 fully saturated rings. The molecule has 0 amide bonds. The Morgan fingerprint density at radius 3 is 3.06 bits per heavy atom. The van der Waals surface area contributed by atoms with Crippen LogP contribution >= 0.6 is 0 Å². The van der Waals surface area contributed by atoms with Gasteiger partial charge in [-0.1, -0.05) is 6.92 Å². The fourth-order valence-electron chi connectivity index (χ4n) is 2.07. The molecule has 0 aliphatic carbocycles. The number of hydrogen-bond acceptors (Lipinski definition) is 4. The van der Waals surface area contributed by atoms with Crippen molar-refractivity contribution in [2.75, 3.05) is 19.9 Å². The summed E-state index contributed by atoms with van der Waals surface area (Å²) in [7, 11) is 0. The molecule has 17 heavy (non-hydrogen) atoms. The molecule has 0 atom stereocenters. The minimum absolute atomic E-state index is 0.711. The van der Waals surface area contributed by atoms with Gasteiger partial charge in [0.2, 0.25) is 0 Å². The molecule has 1 aromatic rings. The van der Waals surface area contributed by atoms with Gasteiger partial charge in [0, 0.05) is 32.3 Å². The summed E-state index contributed by atoms with van der Waals surface area (Å²) in [4.78, 5) is 11.4. The zero-order chi connectivity index (χ0) is 12.1. The van der Waals surface area contributed by atoms with Gasteiger partial charge in [-0.05, 0) is 25.3 Å². The molecule has 2 rings (SSSR count). The Hall–Kier alpha value is -1.00. The van der Waals surface area contributed by atoms with Crippen LogP contribution in [0.4, 0.5) is 0 Å². The van der Waals surface area contributed by atoms with Crippen LogP contribution in [0.2, 0.25) is 0 Å². The third-order valence-electron chi connectivity index (χ3n) is 3.03. The number of hydrogen-bond donors (Lipinski definition) is 0. The summed E-state index contributed by atoms with van der Waals surface area (Å²) in [6, 6.07) is 0. The number of fused-ring (bicyclic) bond motifs is 1. The highest BCUT2D eigenvalue weighted by atomic mass is 16.5. The normalized spacial score (nSPS) is 15.9. The third kappa shape index (κ3) is 3.23. The highest BCUT2D eigenvalue weighted by Gasteiger charge is 2.17. The maximum Gasteiger partial charge on any atom is 0.128 e. The first-order chi connectivity index (χ1) is 8.33. The number of aromatic nitrogens is 2. The molecule has 0 unspecified atom stereocenters. The van der Waals surface area contributed by atoms with Gasteiger partial charge in [0.05, 0.1) is 12.4 Å². The summed E-state index contributed by atoms with van der Waals surface area (Å²) in [5.74, 6) is 0.976. The van der Waals surface area contributed by atoms with Gasteiger partial charge < -0.3 is 4.74 Å². The van der Waals surface area contributed by atoms with Gasteiger partial charge in [0.1, 0.15) is 5.82 Å². The van der Waals surface area contributed by atoms with Crippen LogP contribution in [0, 0.1) is 0 Å². The monoisotopic (exact) mass is 235 g/mol. The first kappa shape index (κ1) is 12.5. The number of rotatable bonds is 5. The average molecular weight is 235 g/mol. The van der Waals surface area contributed by atoms with E-state index in [2.05, 4.69) is 21.8 Å². The quantitative estimate of drug-likeness (QED) is 0.780. The van der Waals surface area contributed by atoms with E-state index in [1.807, 2.05) is 13.1 Å². The van der Waals surface area contributed by atoms with Gasteiger partial charge in [-0.25, -0.2) is 9.97 Å². The van der Waals surface area contributed by atoms with Gasteiger partial charge in [-0.3, -0.25) is 4.90 Å². The van der Waals surface area contributed by atoms with Crippen LogP contribution in [0.15, 0.2) is 6.20 Å². The van der Waals surface area contributed by atoms with Gasteiger partial charge in [-0.15, -0.1) is 0 Å². The molecule has 4 heteroatoms. The van der Waals surface area contributed by atoms with Gasteiger partial charge in [0.25, 0.3) is 0 Å². The van der Waals surface area contributed by atoms with Gasteiger partial charge >= 0.3 is 0 Å². The van der Waals surface area contributed by atoms with Crippen molar-refractivity contribution < 1.29 is 4.74 Å². The second-order valence-corrected chi connectivity index (χ2v) is 4.43. The molecule has 94 valence electrons. The largest absolute Gasteiger partial charge is 0.366 e. The minimum atomic E-state index is 0.711. The predicted molar refractivity (Wildman–Crippen MR) is 66.6 cm³/mol. The van der Waals surface area contributed by atoms with Crippen molar-refractivity contribution in [2.45, 2.75) is 39.7 Å². The third-order valence-corrected chi connectivity index (χ3v) is 3.03. The van der Waals surface area contributed by atoms with Crippen LogP contribution < -0.4 is 0 Å². The molecule has 0 spiro atoms. The van der Waals surface area contributed by atoms with Crippen LogP contribution in [0.3, 0.4) is 0 Å². The Kier molecular flexibility index (Phi) is 4.45. The molecule has 0 radical (unpaired) electrons. The van der Waals surface area contributed by atoms with Crippen molar-refractivity contribution in [3.8, 4) is 0 Å². The highest BCUT2D eigenvalue weighted by Crippen LogP contribution is 2.16. The van der Waals surface area contributed by atoms with Crippen molar-refractivity contribution >= 4 is 0 Å². The topological polar surface area (TPSA) is 38.2 Å².